The van der Waals surface area contributed by atoms with Gasteiger partial charge in [0, 0.05) is 12.5 Å². The highest BCUT2D eigenvalue weighted by Crippen LogP contribution is 2.05. The normalized spacial score (nSPS) is 12.8. The van der Waals surface area contributed by atoms with E-state index in [0.717, 1.165) is 6.42 Å². The van der Waals surface area contributed by atoms with E-state index in [1.807, 2.05) is 7.05 Å². The first-order valence-corrected chi connectivity index (χ1v) is 4.66. The van der Waals surface area contributed by atoms with E-state index in [2.05, 4.69) is 12.2 Å². The van der Waals surface area contributed by atoms with E-state index >= 15 is 0 Å². The summed E-state index contributed by atoms with van der Waals surface area (Å²) in [6, 6.07) is 0.272. The van der Waals surface area contributed by atoms with Crippen LogP contribution >= 0.6 is 0 Å². The molecular formula is C9H20N2O. The first kappa shape index (κ1) is 11.4. The fourth-order valence-corrected chi connectivity index (χ4v) is 1.23. The second-order valence-electron chi connectivity index (χ2n) is 3.15. The molecule has 72 valence electrons. The Bertz CT molecular complexity index is 126. The maximum absolute atomic E-state index is 10.6. The molecule has 0 fully saturated rings. The van der Waals surface area contributed by atoms with Gasteiger partial charge in [-0.25, -0.2) is 0 Å². The number of amides is 1. The Labute approximate surface area is 74.7 Å². The molecule has 0 spiro atoms. The van der Waals surface area contributed by atoms with Gasteiger partial charge in [0.25, 0.3) is 0 Å². The number of hydrogen-bond acceptors (Lipinski definition) is 2. The van der Waals surface area contributed by atoms with Gasteiger partial charge in [-0.2, -0.15) is 0 Å². The van der Waals surface area contributed by atoms with Crippen molar-refractivity contribution < 1.29 is 4.79 Å². The molecule has 0 rings (SSSR count). The molecule has 1 amide bonds. The molecule has 0 radical (unpaired) electrons. The van der Waals surface area contributed by atoms with Crippen molar-refractivity contribution in [3.63, 3.8) is 0 Å². The van der Waals surface area contributed by atoms with Crippen LogP contribution in [0.25, 0.3) is 0 Å². The Morgan fingerprint density at radius 3 is 2.58 bits per heavy atom. The first-order chi connectivity index (χ1) is 5.70. The van der Waals surface area contributed by atoms with Crippen LogP contribution in [0.1, 0.15) is 39.0 Å². The fraction of sp³-hybridized carbons (Fsp3) is 0.889. The summed E-state index contributed by atoms with van der Waals surface area (Å²) < 4.78 is 0. The van der Waals surface area contributed by atoms with Crippen molar-refractivity contribution >= 4 is 5.91 Å². The van der Waals surface area contributed by atoms with Crippen molar-refractivity contribution in [3.8, 4) is 0 Å². The van der Waals surface area contributed by atoms with E-state index in [4.69, 9.17) is 5.73 Å². The molecule has 0 saturated carbocycles. The SMILES string of the molecule is CCCCCC(CC(N)=O)NC. The van der Waals surface area contributed by atoms with E-state index in [1.54, 1.807) is 0 Å². The molecule has 0 bridgehead atoms. The predicted octanol–water partition coefficient (Wildman–Crippen LogP) is 1.03. The van der Waals surface area contributed by atoms with Crippen LogP contribution in [0.5, 0.6) is 0 Å². The molecule has 0 heterocycles. The third-order valence-electron chi connectivity index (χ3n) is 2.01. The average Bonchev–Trinajstić information content (AvgIpc) is 2.02. The molecule has 0 aliphatic heterocycles. The molecule has 0 aromatic rings. The Morgan fingerprint density at radius 2 is 2.17 bits per heavy atom. The summed E-state index contributed by atoms with van der Waals surface area (Å²) in [5.74, 6) is -0.217. The third kappa shape index (κ3) is 6.16. The molecule has 3 N–H and O–H groups in total. The van der Waals surface area contributed by atoms with Gasteiger partial charge in [-0.05, 0) is 13.5 Å². The Balaban J connectivity index is 3.46. The minimum atomic E-state index is -0.217. The number of unbranched alkanes of at least 4 members (excludes halogenated alkanes) is 2. The molecule has 0 aliphatic rings. The number of nitrogens with one attached hydrogen (secondary N) is 1. The van der Waals surface area contributed by atoms with Gasteiger partial charge in [-0.3, -0.25) is 4.79 Å². The van der Waals surface area contributed by atoms with Gasteiger partial charge in [0.15, 0.2) is 0 Å². The lowest BCUT2D eigenvalue weighted by atomic mass is 10.1. The Morgan fingerprint density at radius 1 is 1.50 bits per heavy atom. The average molecular weight is 172 g/mol. The molecule has 0 aliphatic carbocycles. The summed E-state index contributed by atoms with van der Waals surface area (Å²) in [5.41, 5.74) is 5.09. The van der Waals surface area contributed by atoms with Crippen molar-refractivity contribution in [2.24, 2.45) is 5.73 Å². The molecule has 1 unspecified atom stereocenters. The summed E-state index contributed by atoms with van der Waals surface area (Å²) in [6.45, 7) is 2.17. The van der Waals surface area contributed by atoms with E-state index in [-0.39, 0.29) is 11.9 Å². The maximum Gasteiger partial charge on any atom is 0.218 e. The van der Waals surface area contributed by atoms with Crippen molar-refractivity contribution in [2.45, 2.75) is 45.1 Å². The summed E-state index contributed by atoms with van der Waals surface area (Å²) >= 11 is 0. The second-order valence-corrected chi connectivity index (χ2v) is 3.15. The molecule has 0 saturated heterocycles. The van der Waals surface area contributed by atoms with Gasteiger partial charge in [0.05, 0.1) is 0 Å². The van der Waals surface area contributed by atoms with E-state index in [0.29, 0.717) is 6.42 Å². The van der Waals surface area contributed by atoms with E-state index in [1.165, 1.54) is 19.3 Å². The summed E-state index contributed by atoms with van der Waals surface area (Å²) in [4.78, 5) is 10.6. The molecule has 3 nitrogen and oxygen atoms in total. The van der Waals surface area contributed by atoms with Crippen molar-refractivity contribution in [3.05, 3.63) is 0 Å². The third-order valence-corrected chi connectivity index (χ3v) is 2.01. The molecule has 1 atom stereocenters. The summed E-state index contributed by atoms with van der Waals surface area (Å²) in [7, 11) is 1.87. The minimum absolute atomic E-state index is 0.217. The van der Waals surface area contributed by atoms with Gasteiger partial charge in [-0.1, -0.05) is 26.2 Å². The van der Waals surface area contributed by atoms with Crippen molar-refractivity contribution in [1.82, 2.24) is 5.32 Å². The molecule has 0 aromatic carbocycles. The zero-order chi connectivity index (χ0) is 9.40. The highest BCUT2D eigenvalue weighted by atomic mass is 16.1. The van der Waals surface area contributed by atoms with Crippen LogP contribution in [0.2, 0.25) is 0 Å². The van der Waals surface area contributed by atoms with Gasteiger partial charge >= 0.3 is 0 Å². The van der Waals surface area contributed by atoms with Crippen molar-refractivity contribution in [1.29, 1.82) is 0 Å². The highest BCUT2D eigenvalue weighted by molar-refractivity contribution is 5.74. The highest BCUT2D eigenvalue weighted by Gasteiger charge is 2.07. The number of rotatable bonds is 7. The van der Waals surface area contributed by atoms with Crippen LogP contribution in [-0.4, -0.2) is 19.0 Å². The lowest BCUT2D eigenvalue weighted by molar-refractivity contribution is -0.118. The predicted molar refractivity (Wildman–Crippen MR) is 50.8 cm³/mol. The number of carbonyl (C=O) groups is 1. The van der Waals surface area contributed by atoms with Gasteiger partial charge in [0.2, 0.25) is 5.91 Å². The van der Waals surface area contributed by atoms with Gasteiger partial charge in [0.1, 0.15) is 0 Å². The summed E-state index contributed by atoms with van der Waals surface area (Å²) in [5, 5.41) is 3.09. The number of nitrogens with two attached hydrogens (primary N) is 1. The minimum Gasteiger partial charge on any atom is -0.370 e. The Kier molecular flexibility index (Phi) is 6.76. The number of primary amides is 1. The van der Waals surface area contributed by atoms with Crippen LogP contribution in [0.15, 0.2) is 0 Å². The van der Waals surface area contributed by atoms with Crippen molar-refractivity contribution in [2.75, 3.05) is 7.05 Å². The molecule has 12 heavy (non-hydrogen) atoms. The van der Waals surface area contributed by atoms with Gasteiger partial charge in [-0.15, -0.1) is 0 Å². The quantitative estimate of drug-likeness (QED) is 0.563. The standard InChI is InChI=1S/C9H20N2O/c1-3-4-5-6-8(11-2)7-9(10)12/h8,11H,3-7H2,1-2H3,(H2,10,12). The largest absolute Gasteiger partial charge is 0.370 e. The van der Waals surface area contributed by atoms with Crippen LogP contribution < -0.4 is 11.1 Å². The molecule has 0 aromatic heterocycles. The van der Waals surface area contributed by atoms with Crippen LogP contribution in [0.3, 0.4) is 0 Å². The molecular weight excluding hydrogens is 152 g/mol. The zero-order valence-electron chi connectivity index (χ0n) is 8.10. The first-order valence-electron chi connectivity index (χ1n) is 4.66. The zero-order valence-corrected chi connectivity index (χ0v) is 8.10. The smallest absolute Gasteiger partial charge is 0.218 e. The van der Waals surface area contributed by atoms with Crippen LogP contribution in [0.4, 0.5) is 0 Å². The van der Waals surface area contributed by atoms with E-state index in [9.17, 15) is 4.79 Å². The monoisotopic (exact) mass is 172 g/mol. The topological polar surface area (TPSA) is 55.1 Å². The second kappa shape index (κ2) is 7.10. The van der Waals surface area contributed by atoms with Crippen LogP contribution in [0, 0.1) is 0 Å². The lowest BCUT2D eigenvalue weighted by Gasteiger charge is -2.13. The van der Waals surface area contributed by atoms with E-state index < -0.39 is 0 Å². The lowest BCUT2D eigenvalue weighted by Crippen LogP contribution is -2.30. The Hall–Kier alpha value is -0.570. The number of hydrogen-bond donors (Lipinski definition) is 2. The maximum atomic E-state index is 10.6. The van der Waals surface area contributed by atoms with Crippen LogP contribution in [-0.2, 0) is 4.79 Å². The van der Waals surface area contributed by atoms with Gasteiger partial charge < -0.3 is 11.1 Å². The molecule has 3 heteroatoms. The fourth-order valence-electron chi connectivity index (χ4n) is 1.23. The summed E-state index contributed by atoms with van der Waals surface area (Å²) in [6.07, 6.45) is 5.13. The number of carbonyl (C=O) groups excluding carboxylic acids is 1.